The highest BCUT2D eigenvalue weighted by Gasteiger charge is 2.30. The molecule has 1 heterocycles. The molecule has 0 spiro atoms. The fourth-order valence-electron chi connectivity index (χ4n) is 2.47. The normalized spacial score (nSPS) is 27.2. The summed E-state index contributed by atoms with van der Waals surface area (Å²) in [6.45, 7) is 4.25. The minimum absolute atomic E-state index is 0.0281. The van der Waals surface area contributed by atoms with Crippen LogP contribution in [-0.2, 0) is 20.9 Å². The summed E-state index contributed by atoms with van der Waals surface area (Å²) in [5.41, 5.74) is 1.16. The lowest BCUT2D eigenvalue weighted by molar-refractivity contribution is -0.149. The minimum Gasteiger partial charge on any atom is -0.372 e. The van der Waals surface area contributed by atoms with Crippen LogP contribution in [0.5, 0.6) is 0 Å². The van der Waals surface area contributed by atoms with Crippen LogP contribution >= 0.6 is 0 Å². The van der Waals surface area contributed by atoms with Gasteiger partial charge in [-0.2, -0.15) is 0 Å². The number of carbonyl (C=O) groups excluding carboxylic acids is 1. The van der Waals surface area contributed by atoms with Gasteiger partial charge in [0.2, 0.25) is 0 Å². The lowest BCUT2D eigenvalue weighted by Gasteiger charge is -2.34. The van der Waals surface area contributed by atoms with Gasteiger partial charge in [-0.3, -0.25) is 4.79 Å². The van der Waals surface area contributed by atoms with Crippen LogP contribution in [0.2, 0.25) is 0 Å². The fourth-order valence-corrected chi connectivity index (χ4v) is 2.47. The van der Waals surface area contributed by atoms with Crippen LogP contribution in [0.25, 0.3) is 0 Å². The van der Waals surface area contributed by atoms with Crippen molar-refractivity contribution in [2.45, 2.75) is 58.0 Å². The highest BCUT2D eigenvalue weighted by atomic mass is 16.5. The van der Waals surface area contributed by atoms with Gasteiger partial charge in [0.1, 0.15) is 5.78 Å². The zero-order valence-corrected chi connectivity index (χ0v) is 11.7. The number of benzene rings is 1. The van der Waals surface area contributed by atoms with Gasteiger partial charge in [-0.25, -0.2) is 0 Å². The number of hydrogen-bond acceptors (Lipinski definition) is 3. The van der Waals surface area contributed by atoms with Crippen molar-refractivity contribution in [3.63, 3.8) is 0 Å². The van der Waals surface area contributed by atoms with E-state index in [1.54, 1.807) is 6.92 Å². The van der Waals surface area contributed by atoms with E-state index in [2.05, 4.69) is 6.92 Å². The van der Waals surface area contributed by atoms with Gasteiger partial charge in [0.15, 0.2) is 0 Å². The molecule has 2 rings (SSSR count). The van der Waals surface area contributed by atoms with Gasteiger partial charge in [0, 0.05) is 6.42 Å². The Hall–Kier alpha value is -1.19. The highest BCUT2D eigenvalue weighted by molar-refractivity contribution is 5.76. The monoisotopic (exact) mass is 262 g/mol. The largest absolute Gasteiger partial charge is 0.372 e. The summed E-state index contributed by atoms with van der Waals surface area (Å²) in [6.07, 6.45) is 2.56. The van der Waals surface area contributed by atoms with Crippen molar-refractivity contribution in [1.29, 1.82) is 0 Å². The smallest absolute Gasteiger partial charge is 0.132 e. The molecular weight excluding hydrogens is 240 g/mol. The van der Waals surface area contributed by atoms with Gasteiger partial charge >= 0.3 is 0 Å². The van der Waals surface area contributed by atoms with Crippen LogP contribution in [0.1, 0.15) is 38.7 Å². The van der Waals surface area contributed by atoms with Crippen LogP contribution in [0.15, 0.2) is 30.3 Å². The highest BCUT2D eigenvalue weighted by Crippen LogP contribution is 2.25. The van der Waals surface area contributed by atoms with E-state index in [-0.39, 0.29) is 24.1 Å². The number of ketones is 1. The molecule has 0 aliphatic carbocycles. The standard InChI is InChI=1S/C16H22O3/c1-12(17)10-16-15(9-8-13(2)19-16)18-11-14-6-4-3-5-7-14/h3-7,13,15-16H,8-11H2,1-2H3/t13-,15+,16+/m1/s1. The van der Waals surface area contributed by atoms with Gasteiger partial charge in [0.05, 0.1) is 24.9 Å². The second-order valence-electron chi connectivity index (χ2n) is 5.30. The van der Waals surface area contributed by atoms with Crippen LogP contribution in [0, 0.1) is 0 Å². The molecule has 0 amide bonds. The van der Waals surface area contributed by atoms with Crippen molar-refractivity contribution >= 4 is 5.78 Å². The van der Waals surface area contributed by atoms with Crippen LogP contribution in [-0.4, -0.2) is 24.1 Å². The van der Waals surface area contributed by atoms with E-state index < -0.39 is 0 Å². The lowest BCUT2D eigenvalue weighted by Crippen LogP contribution is -2.40. The first-order valence-electron chi connectivity index (χ1n) is 6.95. The van der Waals surface area contributed by atoms with E-state index >= 15 is 0 Å². The molecule has 1 aromatic carbocycles. The molecule has 1 aromatic rings. The number of ether oxygens (including phenoxy) is 2. The molecule has 0 saturated carbocycles. The quantitative estimate of drug-likeness (QED) is 0.818. The summed E-state index contributed by atoms with van der Waals surface area (Å²) < 4.78 is 11.8. The zero-order valence-electron chi connectivity index (χ0n) is 11.7. The van der Waals surface area contributed by atoms with Crippen molar-refractivity contribution in [3.8, 4) is 0 Å². The molecule has 1 saturated heterocycles. The molecular formula is C16H22O3. The Bertz CT molecular complexity index is 402. The topological polar surface area (TPSA) is 35.5 Å². The van der Waals surface area contributed by atoms with Gasteiger partial charge in [-0.1, -0.05) is 30.3 Å². The van der Waals surface area contributed by atoms with E-state index in [4.69, 9.17) is 9.47 Å². The van der Waals surface area contributed by atoms with E-state index in [1.807, 2.05) is 30.3 Å². The number of carbonyl (C=O) groups is 1. The molecule has 3 nitrogen and oxygen atoms in total. The summed E-state index contributed by atoms with van der Waals surface area (Å²) >= 11 is 0. The molecule has 0 radical (unpaired) electrons. The molecule has 1 aliphatic heterocycles. The summed E-state index contributed by atoms with van der Waals surface area (Å²) in [7, 11) is 0. The zero-order chi connectivity index (χ0) is 13.7. The Kier molecular flexibility index (Phi) is 5.11. The second kappa shape index (κ2) is 6.83. The van der Waals surface area contributed by atoms with Gasteiger partial charge in [-0.05, 0) is 32.3 Å². The fraction of sp³-hybridized carbons (Fsp3) is 0.562. The summed E-state index contributed by atoms with van der Waals surface area (Å²) in [5.74, 6) is 0.160. The first-order valence-corrected chi connectivity index (χ1v) is 6.95. The van der Waals surface area contributed by atoms with Gasteiger partial charge in [0.25, 0.3) is 0 Å². The molecule has 1 aliphatic rings. The SMILES string of the molecule is CC(=O)C[C@@H]1O[C@H](C)CC[C@@H]1OCc1ccccc1. The Morgan fingerprint density at radius 1 is 1.32 bits per heavy atom. The van der Waals surface area contributed by atoms with Gasteiger partial charge in [-0.15, -0.1) is 0 Å². The van der Waals surface area contributed by atoms with E-state index in [0.29, 0.717) is 13.0 Å². The Balaban J connectivity index is 1.91. The van der Waals surface area contributed by atoms with E-state index in [9.17, 15) is 4.79 Å². The molecule has 3 heteroatoms. The first kappa shape index (κ1) is 14.2. The minimum atomic E-state index is -0.0926. The van der Waals surface area contributed by atoms with Crippen LogP contribution in [0.3, 0.4) is 0 Å². The summed E-state index contributed by atoms with van der Waals surface area (Å²) in [4.78, 5) is 11.3. The van der Waals surface area contributed by atoms with Crippen molar-refractivity contribution in [2.24, 2.45) is 0 Å². The lowest BCUT2D eigenvalue weighted by atomic mass is 9.98. The predicted molar refractivity (Wildman–Crippen MR) is 73.9 cm³/mol. The Morgan fingerprint density at radius 2 is 2.05 bits per heavy atom. The third kappa shape index (κ3) is 4.44. The molecule has 0 unspecified atom stereocenters. The number of rotatable bonds is 5. The maximum atomic E-state index is 11.3. The molecule has 0 bridgehead atoms. The predicted octanol–water partition coefficient (Wildman–Crippen LogP) is 3.12. The first-order chi connectivity index (χ1) is 9.15. The maximum absolute atomic E-state index is 11.3. The molecule has 1 fully saturated rings. The van der Waals surface area contributed by atoms with Crippen molar-refractivity contribution < 1.29 is 14.3 Å². The molecule has 104 valence electrons. The van der Waals surface area contributed by atoms with E-state index in [0.717, 1.165) is 18.4 Å². The van der Waals surface area contributed by atoms with Crippen LogP contribution < -0.4 is 0 Å². The Labute approximate surface area is 114 Å². The Morgan fingerprint density at radius 3 is 2.74 bits per heavy atom. The van der Waals surface area contributed by atoms with Crippen molar-refractivity contribution in [2.75, 3.05) is 0 Å². The molecule has 0 aromatic heterocycles. The average Bonchev–Trinajstić information content (AvgIpc) is 2.38. The summed E-state index contributed by atoms with van der Waals surface area (Å²) in [5, 5.41) is 0. The molecule has 19 heavy (non-hydrogen) atoms. The van der Waals surface area contributed by atoms with Gasteiger partial charge < -0.3 is 9.47 Å². The maximum Gasteiger partial charge on any atom is 0.132 e. The third-order valence-electron chi connectivity index (χ3n) is 3.48. The molecule has 0 N–H and O–H groups in total. The number of hydrogen-bond donors (Lipinski definition) is 0. The van der Waals surface area contributed by atoms with Crippen molar-refractivity contribution in [1.82, 2.24) is 0 Å². The average molecular weight is 262 g/mol. The third-order valence-corrected chi connectivity index (χ3v) is 3.48. The molecule has 3 atom stereocenters. The number of Topliss-reactive ketones (excluding diaryl/α,β-unsaturated/α-hetero) is 1. The van der Waals surface area contributed by atoms with Crippen molar-refractivity contribution in [3.05, 3.63) is 35.9 Å². The second-order valence-corrected chi connectivity index (χ2v) is 5.30. The summed E-state index contributed by atoms with van der Waals surface area (Å²) in [6, 6.07) is 10.1. The van der Waals surface area contributed by atoms with E-state index in [1.165, 1.54) is 0 Å². The van der Waals surface area contributed by atoms with Crippen LogP contribution in [0.4, 0.5) is 0 Å².